The molecule has 3 heterocycles. The molecule has 5 N–H and O–H groups in total. The van der Waals surface area contributed by atoms with Crippen LogP contribution in [-0.4, -0.2) is 30.2 Å². The van der Waals surface area contributed by atoms with Gasteiger partial charge < -0.3 is 11.5 Å². The number of pyridine rings is 1. The molecular formula is C19H20N8. The van der Waals surface area contributed by atoms with Crippen molar-refractivity contribution in [2.24, 2.45) is 5.73 Å². The van der Waals surface area contributed by atoms with Crippen molar-refractivity contribution in [1.29, 1.82) is 0 Å². The van der Waals surface area contributed by atoms with E-state index in [1.54, 1.807) is 0 Å². The number of aromatic amines is 1. The topological polar surface area (TPSA) is 124 Å². The largest absolute Gasteiger partial charge is 0.384 e. The summed E-state index contributed by atoms with van der Waals surface area (Å²) in [5, 5.41) is 15.3. The molecule has 136 valence electrons. The fraction of sp³-hybridized carbons (Fsp3) is 0.263. The van der Waals surface area contributed by atoms with E-state index in [0.717, 1.165) is 36.0 Å². The molecule has 0 fully saturated rings. The highest BCUT2D eigenvalue weighted by molar-refractivity contribution is 5.76. The SMILES string of the molecule is Nc1cc(Cc2cnn(Cc3ccc4c(c3)CC[C@H]4N)c2)c2n[nH]nc2n1. The molecule has 8 nitrogen and oxygen atoms in total. The minimum atomic E-state index is 0.187. The predicted octanol–water partition coefficient (Wildman–Crippen LogP) is 1.72. The quantitative estimate of drug-likeness (QED) is 0.509. The fourth-order valence-electron chi connectivity index (χ4n) is 3.85. The van der Waals surface area contributed by atoms with E-state index >= 15 is 0 Å². The van der Waals surface area contributed by atoms with Gasteiger partial charge in [-0.3, -0.25) is 4.68 Å². The molecule has 0 bridgehead atoms. The molecule has 1 aliphatic rings. The number of hydrogen-bond donors (Lipinski definition) is 3. The Morgan fingerprint density at radius 1 is 1.19 bits per heavy atom. The zero-order chi connectivity index (χ0) is 18.4. The Balaban J connectivity index is 1.36. The number of nitrogen functional groups attached to an aromatic ring is 1. The summed E-state index contributed by atoms with van der Waals surface area (Å²) in [5.41, 5.74) is 19.2. The summed E-state index contributed by atoms with van der Waals surface area (Å²) in [7, 11) is 0. The van der Waals surface area contributed by atoms with Crippen molar-refractivity contribution in [3.63, 3.8) is 0 Å². The number of rotatable bonds is 4. The molecule has 0 unspecified atom stereocenters. The fourth-order valence-corrected chi connectivity index (χ4v) is 3.85. The molecule has 1 atom stereocenters. The van der Waals surface area contributed by atoms with Gasteiger partial charge in [-0.25, -0.2) is 4.98 Å². The number of H-pyrrole nitrogens is 1. The number of aromatic nitrogens is 6. The molecule has 1 aromatic carbocycles. The maximum Gasteiger partial charge on any atom is 0.203 e. The number of anilines is 1. The Labute approximate surface area is 155 Å². The van der Waals surface area contributed by atoms with E-state index in [2.05, 4.69) is 49.9 Å². The molecule has 0 aliphatic heterocycles. The lowest BCUT2D eigenvalue weighted by Gasteiger charge is -2.07. The van der Waals surface area contributed by atoms with Gasteiger partial charge in [0.25, 0.3) is 0 Å². The van der Waals surface area contributed by atoms with Gasteiger partial charge in [-0.15, -0.1) is 5.10 Å². The van der Waals surface area contributed by atoms with Crippen molar-refractivity contribution in [3.05, 3.63) is 64.5 Å². The molecule has 4 aromatic rings. The molecule has 8 heteroatoms. The Kier molecular flexibility index (Phi) is 3.64. The third-order valence-corrected chi connectivity index (χ3v) is 5.15. The average molecular weight is 360 g/mol. The molecule has 0 amide bonds. The maximum atomic E-state index is 6.13. The van der Waals surface area contributed by atoms with Crippen LogP contribution in [0.1, 0.15) is 40.3 Å². The second kappa shape index (κ2) is 6.17. The van der Waals surface area contributed by atoms with Crippen molar-refractivity contribution in [2.75, 3.05) is 5.73 Å². The van der Waals surface area contributed by atoms with E-state index < -0.39 is 0 Å². The first-order chi connectivity index (χ1) is 13.2. The molecule has 5 rings (SSSR count). The zero-order valence-electron chi connectivity index (χ0n) is 14.8. The molecule has 0 saturated carbocycles. The summed E-state index contributed by atoms with van der Waals surface area (Å²) in [6, 6.07) is 8.59. The zero-order valence-corrected chi connectivity index (χ0v) is 14.8. The second-order valence-electron chi connectivity index (χ2n) is 7.10. The smallest absolute Gasteiger partial charge is 0.203 e. The van der Waals surface area contributed by atoms with E-state index in [0.29, 0.717) is 17.9 Å². The molecule has 1 aliphatic carbocycles. The highest BCUT2D eigenvalue weighted by atomic mass is 15.3. The minimum Gasteiger partial charge on any atom is -0.384 e. The summed E-state index contributed by atoms with van der Waals surface area (Å²) in [4.78, 5) is 4.18. The Morgan fingerprint density at radius 2 is 2.11 bits per heavy atom. The molecule has 0 radical (unpaired) electrons. The van der Waals surface area contributed by atoms with Crippen LogP contribution in [0, 0.1) is 0 Å². The van der Waals surface area contributed by atoms with Crippen molar-refractivity contribution in [1.82, 2.24) is 30.2 Å². The van der Waals surface area contributed by atoms with Gasteiger partial charge in [-0.1, -0.05) is 18.2 Å². The summed E-state index contributed by atoms with van der Waals surface area (Å²) in [6.07, 6.45) is 6.71. The molecule has 27 heavy (non-hydrogen) atoms. The van der Waals surface area contributed by atoms with Gasteiger partial charge in [0.1, 0.15) is 11.3 Å². The Hall–Kier alpha value is -3.26. The number of nitrogens with two attached hydrogens (primary N) is 2. The van der Waals surface area contributed by atoms with Crippen molar-refractivity contribution < 1.29 is 0 Å². The van der Waals surface area contributed by atoms with Crippen LogP contribution in [0.4, 0.5) is 5.82 Å². The van der Waals surface area contributed by atoms with Crippen LogP contribution in [0.5, 0.6) is 0 Å². The highest BCUT2D eigenvalue weighted by Crippen LogP contribution is 2.30. The summed E-state index contributed by atoms with van der Waals surface area (Å²) >= 11 is 0. The number of nitrogens with one attached hydrogen (secondary N) is 1. The number of hydrogen-bond acceptors (Lipinski definition) is 6. The summed E-state index contributed by atoms with van der Waals surface area (Å²) < 4.78 is 1.95. The second-order valence-corrected chi connectivity index (χ2v) is 7.10. The van der Waals surface area contributed by atoms with Gasteiger partial charge in [0.15, 0.2) is 0 Å². The van der Waals surface area contributed by atoms with Gasteiger partial charge in [-0.2, -0.15) is 15.4 Å². The van der Waals surface area contributed by atoms with E-state index in [9.17, 15) is 0 Å². The highest BCUT2D eigenvalue weighted by Gasteiger charge is 2.19. The van der Waals surface area contributed by atoms with E-state index in [-0.39, 0.29) is 6.04 Å². The summed E-state index contributed by atoms with van der Waals surface area (Å²) in [6.45, 7) is 0.736. The molecule has 3 aromatic heterocycles. The predicted molar refractivity (Wildman–Crippen MR) is 102 cm³/mol. The van der Waals surface area contributed by atoms with E-state index in [1.807, 2.05) is 16.9 Å². The number of fused-ring (bicyclic) bond motifs is 2. The Morgan fingerprint density at radius 3 is 3.04 bits per heavy atom. The van der Waals surface area contributed by atoms with Crippen LogP contribution < -0.4 is 11.5 Å². The average Bonchev–Trinajstić information content (AvgIpc) is 3.36. The minimum absolute atomic E-state index is 0.187. The first-order valence-electron chi connectivity index (χ1n) is 9.00. The standard InChI is InChI=1S/C19H20N8/c20-16-4-2-13-5-11(1-3-15(13)16)9-27-10-12(8-22-27)6-14-7-17(21)23-19-18(14)24-26-25-19/h1,3,5,7-8,10,16H,2,4,6,9,20H2,(H3,21,23,24,25,26)/t16-/m1/s1. The lowest BCUT2D eigenvalue weighted by molar-refractivity contribution is 0.685. The number of aryl methyl sites for hydroxylation is 1. The first-order valence-corrected chi connectivity index (χ1v) is 9.00. The van der Waals surface area contributed by atoms with Crippen LogP contribution >= 0.6 is 0 Å². The maximum absolute atomic E-state index is 6.13. The van der Waals surface area contributed by atoms with Gasteiger partial charge in [0.05, 0.1) is 12.7 Å². The summed E-state index contributed by atoms with van der Waals surface area (Å²) in [5.74, 6) is 0.440. The van der Waals surface area contributed by atoms with Crippen LogP contribution in [0.2, 0.25) is 0 Å². The van der Waals surface area contributed by atoms with Crippen LogP contribution in [0.3, 0.4) is 0 Å². The first kappa shape index (κ1) is 16.0. The van der Waals surface area contributed by atoms with Gasteiger partial charge in [-0.05, 0) is 46.7 Å². The Bertz CT molecular complexity index is 1130. The van der Waals surface area contributed by atoms with E-state index in [4.69, 9.17) is 11.5 Å². The van der Waals surface area contributed by atoms with Crippen molar-refractivity contribution in [2.45, 2.75) is 31.8 Å². The van der Waals surface area contributed by atoms with Gasteiger partial charge in [0.2, 0.25) is 5.65 Å². The van der Waals surface area contributed by atoms with Crippen LogP contribution in [0.15, 0.2) is 36.7 Å². The van der Waals surface area contributed by atoms with Crippen molar-refractivity contribution in [3.8, 4) is 0 Å². The monoisotopic (exact) mass is 360 g/mol. The third-order valence-electron chi connectivity index (χ3n) is 5.15. The lowest BCUT2D eigenvalue weighted by Crippen LogP contribution is -2.05. The van der Waals surface area contributed by atoms with Crippen LogP contribution in [0.25, 0.3) is 11.2 Å². The molecular weight excluding hydrogens is 340 g/mol. The van der Waals surface area contributed by atoms with Gasteiger partial charge in [0, 0.05) is 18.7 Å². The van der Waals surface area contributed by atoms with Crippen molar-refractivity contribution >= 4 is 17.0 Å². The number of benzene rings is 1. The normalized spacial score (nSPS) is 16.1. The van der Waals surface area contributed by atoms with Crippen LogP contribution in [-0.2, 0) is 19.4 Å². The van der Waals surface area contributed by atoms with E-state index in [1.165, 1.54) is 16.7 Å². The molecule has 0 spiro atoms. The molecule has 0 saturated heterocycles. The lowest BCUT2D eigenvalue weighted by atomic mass is 10.1. The van der Waals surface area contributed by atoms with Gasteiger partial charge >= 0.3 is 0 Å². The third kappa shape index (κ3) is 2.93. The number of nitrogens with zero attached hydrogens (tertiary/aromatic N) is 5.